The number of hydrogen-bond acceptors (Lipinski definition) is 7. The van der Waals surface area contributed by atoms with Gasteiger partial charge >= 0.3 is 5.97 Å². The van der Waals surface area contributed by atoms with Gasteiger partial charge in [0, 0.05) is 26.1 Å². The minimum absolute atomic E-state index is 0.0263. The summed E-state index contributed by atoms with van der Waals surface area (Å²) in [6, 6.07) is 13.9. The average molecular weight is 448 g/mol. The third kappa shape index (κ3) is 3.30. The van der Waals surface area contributed by atoms with Crippen molar-refractivity contribution in [1.29, 1.82) is 0 Å². The molecule has 1 aromatic carbocycles. The fourth-order valence-electron chi connectivity index (χ4n) is 3.77. The first-order valence-corrected chi connectivity index (χ1v) is 11.5. The minimum atomic E-state index is -4.05. The molecule has 2 aromatic heterocycles. The Labute approximate surface area is 178 Å². The van der Waals surface area contributed by atoms with E-state index in [1.165, 1.54) is 6.07 Å². The highest BCUT2D eigenvalue weighted by atomic mass is 32.2. The topological polar surface area (TPSA) is 113 Å². The SMILES string of the molecule is CC1[C@@H](c2ccccc2)[C@]1(NS(=O)(=O)c1ccc(-c2cc(N(C)C)on2)s1)C(=O)O. The lowest BCUT2D eigenvalue weighted by atomic mass is 10.1. The molecule has 2 heterocycles. The summed E-state index contributed by atoms with van der Waals surface area (Å²) in [6.07, 6.45) is 0. The van der Waals surface area contributed by atoms with Crippen molar-refractivity contribution in [1.82, 2.24) is 9.88 Å². The lowest BCUT2D eigenvalue weighted by Crippen LogP contribution is -2.45. The molecule has 158 valence electrons. The standard InChI is InChI=1S/C20H21N3O5S2/c1-12-18(13-7-5-4-6-8-13)20(12,19(24)25)22-30(26,27)17-10-9-15(29-17)14-11-16(23(2)3)28-21-14/h4-12,18,22H,1-3H3,(H,24,25)/t12?,18-,20-/m0/s1. The fraction of sp³-hybridized carbons (Fsp3) is 0.300. The highest BCUT2D eigenvalue weighted by Crippen LogP contribution is 2.58. The second-order valence-electron chi connectivity index (χ2n) is 7.52. The highest BCUT2D eigenvalue weighted by Gasteiger charge is 2.70. The van der Waals surface area contributed by atoms with Crippen molar-refractivity contribution in [2.45, 2.75) is 22.6 Å². The van der Waals surface area contributed by atoms with Crippen LogP contribution in [0.25, 0.3) is 10.6 Å². The molecule has 0 bridgehead atoms. The summed E-state index contributed by atoms with van der Waals surface area (Å²) in [5.74, 6) is -1.46. The van der Waals surface area contributed by atoms with Gasteiger partial charge in [-0.3, -0.25) is 4.79 Å². The Bertz CT molecular complexity index is 1190. The minimum Gasteiger partial charge on any atom is -0.480 e. The number of anilines is 1. The number of carboxylic acid groups (broad SMARTS) is 1. The molecule has 10 heteroatoms. The maximum Gasteiger partial charge on any atom is 0.325 e. The molecule has 3 aromatic rings. The summed E-state index contributed by atoms with van der Waals surface area (Å²) in [7, 11) is -0.433. The average Bonchev–Trinajstić information content (AvgIpc) is 3.14. The van der Waals surface area contributed by atoms with Crippen LogP contribution in [0.4, 0.5) is 5.88 Å². The van der Waals surface area contributed by atoms with Crippen molar-refractivity contribution < 1.29 is 22.8 Å². The monoisotopic (exact) mass is 447 g/mol. The first kappa shape index (κ1) is 20.6. The van der Waals surface area contributed by atoms with Gasteiger partial charge in [0.15, 0.2) is 0 Å². The van der Waals surface area contributed by atoms with Gasteiger partial charge in [-0.25, -0.2) is 8.42 Å². The maximum atomic E-state index is 13.1. The van der Waals surface area contributed by atoms with Crippen molar-refractivity contribution in [3.05, 3.63) is 54.1 Å². The van der Waals surface area contributed by atoms with Gasteiger partial charge < -0.3 is 14.5 Å². The van der Waals surface area contributed by atoms with Gasteiger partial charge in [-0.05, 0) is 23.6 Å². The zero-order valence-corrected chi connectivity index (χ0v) is 18.2. The number of sulfonamides is 1. The molecule has 30 heavy (non-hydrogen) atoms. The van der Waals surface area contributed by atoms with E-state index in [4.69, 9.17) is 4.52 Å². The molecule has 0 spiro atoms. The van der Waals surface area contributed by atoms with Crippen molar-refractivity contribution in [3.63, 3.8) is 0 Å². The number of carboxylic acids is 1. The number of aliphatic carboxylic acids is 1. The Kier molecular flexibility index (Phi) is 4.95. The summed E-state index contributed by atoms with van der Waals surface area (Å²) >= 11 is 1.01. The molecule has 4 rings (SSSR count). The molecule has 1 saturated carbocycles. The van der Waals surface area contributed by atoms with Gasteiger partial charge in [-0.2, -0.15) is 4.72 Å². The number of nitrogens with zero attached hydrogens (tertiary/aromatic N) is 2. The Morgan fingerprint density at radius 3 is 2.53 bits per heavy atom. The molecule has 8 nitrogen and oxygen atoms in total. The molecule has 1 aliphatic carbocycles. The summed E-state index contributed by atoms with van der Waals surface area (Å²) < 4.78 is 33.8. The van der Waals surface area contributed by atoms with E-state index in [0.29, 0.717) is 16.5 Å². The Balaban J connectivity index is 1.62. The normalized spacial score (nSPS) is 23.3. The van der Waals surface area contributed by atoms with Crippen LogP contribution in [0.3, 0.4) is 0 Å². The molecular weight excluding hydrogens is 426 g/mol. The van der Waals surface area contributed by atoms with E-state index in [9.17, 15) is 18.3 Å². The largest absolute Gasteiger partial charge is 0.480 e. The molecule has 2 N–H and O–H groups in total. The van der Waals surface area contributed by atoms with Crippen LogP contribution >= 0.6 is 11.3 Å². The van der Waals surface area contributed by atoms with E-state index < -0.39 is 27.4 Å². The number of thiophene rings is 1. The molecular formula is C20H21N3O5S2. The molecule has 0 saturated heterocycles. The van der Waals surface area contributed by atoms with Crippen LogP contribution in [0.5, 0.6) is 0 Å². The van der Waals surface area contributed by atoms with Crippen LogP contribution < -0.4 is 9.62 Å². The van der Waals surface area contributed by atoms with Crippen molar-refractivity contribution in [2.75, 3.05) is 19.0 Å². The highest BCUT2D eigenvalue weighted by molar-refractivity contribution is 7.91. The smallest absolute Gasteiger partial charge is 0.325 e. The number of carbonyl (C=O) groups is 1. The quantitative estimate of drug-likeness (QED) is 0.572. The maximum absolute atomic E-state index is 13.1. The summed E-state index contributed by atoms with van der Waals surface area (Å²) in [6.45, 7) is 1.74. The first-order chi connectivity index (χ1) is 14.2. The van der Waals surface area contributed by atoms with Crippen molar-refractivity contribution in [2.24, 2.45) is 5.92 Å². The first-order valence-electron chi connectivity index (χ1n) is 9.23. The number of aromatic nitrogens is 1. The molecule has 3 atom stereocenters. The van der Waals surface area contributed by atoms with Crippen LogP contribution in [0.2, 0.25) is 0 Å². The van der Waals surface area contributed by atoms with E-state index in [1.807, 2.05) is 44.4 Å². The van der Waals surface area contributed by atoms with Crippen LogP contribution in [-0.4, -0.2) is 44.3 Å². The van der Waals surface area contributed by atoms with Crippen molar-refractivity contribution >= 4 is 33.2 Å². The van der Waals surface area contributed by atoms with Gasteiger partial charge in [0.1, 0.15) is 15.4 Å². The van der Waals surface area contributed by atoms with E-state index in [1.54, 1.807) is 24.0 Å². The van der Waals surface area contributed by atoms with E-state index in [0.717, 1.165) is 16.9 Å². The Morgan fingerprint density at radius 2 is 1.93 bits per heavy atom. The summed E-state index contributed by atoms with van der Waals surface area (Å²) in [5, 5.41) is 13.9. The molecule has 1 fully saturated rings. The second-order valence-corrected chi connectivity index (χ2v) is 10.5. The lowest BCUT2D eigenvalue weighted by molar-refractivity contribution is -0.140. The number of benzene rings is 1. The van der Waals surface area contributed by atoms with Crippen LogP contribution in [0.15, 0.2) is 57.3 Å². The second kappa shape index (κ2) is 7.22. The zero-order chi connectivity index (χ0) is 21.7. The van der Waals surface area contributed by atoms with Gasteiger partial charge in [0.25, 0.3) is 10.0 Å². The van der Waals surface area contributed by atoms with Gasteiger partial charge in [-0.15, -0.1) is 11.3 Å². The summed E-state index contributed by atoms with van der Waals surface area (Å²) in [4.78, 5) is 14.5. The lowest BCUT2D eigenvalue weighted by Gasteiger charge is -2.15. The molecule has 0 aliphatic heterocycles. The number of nitrogens with one attached hydrogen (secondary N) is 1. The predicted molar refractivity (Wildman–Crippen MR) is 113 cm³/mol. The van der Waals surface area contributed by atoms with E-state index in [-0.39, 0.29) is 10.1 Å². The van der Waals surface area contributed by atoms with E-state index >= 15 is 0 Å². The molecule has 1 aliphatic rings. The van der Waals surface area contributed by atoms with Gasteiger partial charge in [-0.1, -0.05) is 42.4 Å². The Morgan fingerprint density at radius 1 is 1.23 bits per heavy atom. The van der Waals surface area contributed by atoms with Crippen LogP contribution in [0.1, 0.15) is 18.4 Å². The molecule has 1 unspecified atom stereocenters. The molecule has 0 amide bonds. The fourth-order valence-corrected chi connectivity index (χ4v) is 6.48. The number of hydrogen-bond donors (Lipinski definition) is 2. The van der Waals surface area contributed by atoms with Crippen LogP contribution in [-0.2, 0) is 14.8 Å². The van der Waals surface area contributed by atoms with Gasteiger partial charge in [0.05, 0.1) is 4.88 Å². The van der Waals surface area contributed by atoms with Crippen molar-refractivity contribution in [3.8, 4) is 10.6 Å². The van der Waals surface area contributed by atoms with E-state index in [2.05, 4.69) is 9.88 Å². The summed E-state index contributed by atoms with van der Waals surface area (Å²) in [5.41, 5.74) is -0.267. The Hall–Kier alpha value is -2.69. The third-order valence-corrected chi connectivity index (χ3v) is 8.54. The zero-order valence-electron chi connectivity index (χ0n) is 16.6. The predicted octanol–water partition coefficient (Wildman–Crippen LogP) is 3.00. The van der Waals surface area contributed by atoms with Gasteiger partial charge in [0.2, 0.25) is 5.88 Å². The molecule has 0 radical (unpaired) electrons. The third-order valence-electron chi connectivity index (χ3n) is 5.45. The van der Waals surface area contributed by atoms with Crippen LogP contribution in [0, 0.1) is 5.92 Å². The number of rotatable bonds is 7.